The van der Waals surface area contributed by atoms with Crippen LogP contribution in [0.5, 0.6) is 0 Å². The van der Waals surface area contributed by atoms with Crippen LogP contribution in [0.4, 0.5) is 0 Å². The van der Waals surface area contributed by atoms with Crippen LogP contribution in [-0.4, -0.2) is 11.7 Å². The molecule has 0 bridgehead atoms. The summed E-state index contributed by atoms with van der Waals surface area (Å²) >= 11 is 0. The van der Waals surface area contributed by atoms with E-state index in [2.05, 4.69) is 41.5 Å². The molecule has 1 nitrogen and oxygen atoms in total. The first-order chi connectivity index (χ1) is 6.37. The molecule has 1 radical (unpaired) electrons. The fraction of sp³-hybridized carbons (Fsp3) is 0.923. The van der Waals surface area contributed by atoms with E-state index in [1.54, 1.807) is 0 Å². The van der Waals surface area contributed by atoms with Gasteiger partial charge in [-0.05, 0) is 40.0 Å². The molecule has 0 saturated heterocycles. The Balaban J connectivity index is 3.91. The molecule has 2 atom stereocenters. The number of ether oxygens (including phenoxy) is 1. The van der Waals surface area contributed by atoms with Gasteiger partial charge in [0.1, 0.15) is 0 Å². The zero-order valence-electron chi connectivity index (χ0n) is 10.6. The maximum atomic E-state index is 5.98. The van der Waals surface area contributed by atoms with Gasteiger partial charge < -0.3 is 4.74 Å². The Morgan fingerprint density at radius 1 is 1.21 bits per heavy atom. The van der Waals surface area contributed by atoms with Crippen molar-refractivity contribution in [1.29, 1.82) is 0 Å². The Bertz CT molecular complexity index is 133. The second kappa shape index (κ2) is 6.44. The van der Waals surface area contributed by atoms with E-state index in [4.69, 9.17) is 4.74 Å². The molecule has 14 heavy (non-hydrogen) atoms. The van der Waals surface area contributed by atoms with Gasteiger partial charge in [-0.15, -0.1) is 0 Å². The Hall–Kier alpha value is -0.0400. The fourth-order valence-corrected chi connectivity index (χ4v) is 1.51. The molecule has 0 aliphatic heterocycles. The average Bonchev–Trinajstić information content (AvgIpc) is 2.00. The quantitative estimate of drug-likeness (QED) is 0.582. The average molecular weight is 199 g/mol. The van der Waals surface area contributed by atoms with Gasteiger partial charge in [0.2, 0.25) is 0 Å². The minimum Gasteiger partial charge on any atom is -0.372 e. The molecule has 0 aromatic carbocycles. The summed E-state index contributed by atoms with van der Waals surface area (Å²) in [7, 11) is 0. The fourth-order valence-electron chi connectivity index (χ4n) is 1.51. The third-order valence-corrected chi connectivity index (χ3v) is 2.23. The van der Waals surface area contributed by atoms with Crippen molar-refractivity contribution in [3.8, 4) is 0 Å². The molecule has 85 valence electrons. The molecule has 0 aromatic heterocycles. The van der Waals surface area contributed by atoms with Crippen LogP contribution in [0.1, 0.15) is 60.3 Å². The lowest BCUT2D eigenvalue weighted by Crippen LogP contribution is -2.31. The van der Waals surface area contributed by atoms with E-state index in [1.165, 1.54) is 19.3 Å². The lowest BCUT2D eigenvalue weighted by Gasteiger charge is -2.30. The van der Waals surface area contributed by atoms with Crippen LogP contribution < -0.4 is 0 Å². The van der Waals surface area contributed by atoms with Gasteiger partial charge in [0.05, 0.1) is 11.7 Å². The SMILES string of the molecule is [CH2]C(C)C(CCCCC)OC(C)(C)C. The molecule has 0 N–H and O–H groups in total. The molecular formula is C13H27O. The van der Waals surface area contributed by atoms with Crippen LogP contribution in [0, 0.1) is 12.8 Å². The molecule has 0 rings (SSSR count). The molecule has 0 spiro atoms. The van der Waals surface area contributed by atoms with Gasteiger partial charge in [-0.1, -0.05) is 33.1 Å². The summed E-state index contributed by atoms with van der Waals surface area (Å²) in [6, 6.07) is 0. The highest BCUT2D eigenvalue weighted by Gasteiger charge is 2.20. The molecule has 0 fully saturated rings. The summed E-state index contributed by atoms with van der Waals surface area (Å²) in [4.78, 5) is 0. The van der Waals surface area contributed by atoms with Crippen LogP contribution in [0.3, 0.4) is 0 Å². The smallest absolute Gasteiger partial charge is 0.0607 e. The van der Waals surface area contributed by atoms with E-state index >= 15 is 0 Å². The van der Waals surface area contributed by atoms with Gasteiger partial charge in [-0.25, -0.2) is 0 Å². The topological polar surface area (TPSA) is 9.23 Å². The van der Waals surface area contributed by atoms with Crippen molar-refractivity contribution < 1.29 is 4.74 Å². The summed E-state index contributed by atoms with van der Waals surface area (Å²) in [5.74, 6) is 0.381. The van der Waals surface area contributed by atoms with Crippen molar-refractivity contribution >= 4 is 0 Å². The molecule has 0 amide bonds. The van der Waals surface area contributed by atoms with Crippen molar-refractivity contribution in [1.82, 2.24) is 0 Å². The zero-order chi connectivity index (χ0) is 11.2. The second-order valence-corrected chi connectivity index (χ2v) is 5.24. The molecule has 0 heterocycles. The highest BCUT2D eigenvalue weighted by Crippen LogP contribution is 2.21. The van der Waals surface area contributed by atoms with Gasteiger partial charge in [0.25, 0.3) is 0 Å². The molecule has 0 aromatic rings. The largest absolute Gasteiger partial charge is 0.372 e. The summed E-state index contributed by atoms with van der Waals surface area (Å²) < 4.78 is 5.98. The third-order valence-electron chi connectivity index (χ3n) is 2.23. The van der Waals surface area contributed by atoms with Crippen molar-refractivity contribution in [3.05, 3.63) is 6.92 Å². The maximum Gasteiger partial charge on any atom is 0.0607 e. The summed E-state index contributed by atoms with van der Waals surface area (Å²) in [6.07, 6.45) is 5.30. The first-order valence-corrected chi connectivity index (χ1v) is 5.87. The van der Waals surface area contributed by atoms with Gasteiger partial charge in [0, 0.05) is 0 Å². The first kappa shape index (κ1) is 14.0. The van der Waals surface area contributed by atoms with Crippen molar-refractivity contribution in [2.45, 2.75) is 72.0 Å². The number of unbranched alkanes of at least 4 members (excludes halogenated alkanes) is 2. The van der Waals surface area contributed by atoms with Gasteiger partial charge in [0.15, 0.2) is 0 Å². The molecular weight excluding hydrogens is 172 g/mol. The van der Waals surface area contributed by atoms with E-state index in [-0.39, 0.29) is 5.60 Å². The van der Waals surface area contributed by atoms with Crippen molar-refractivity contribution in [3.63, 3.8) is 0 Å². The van der Waals surface area contributed by atoms with Crippen LogP contribution in [0.15, 0.2) is 0 Å². The predicted octanol–water partition coefficient (Wildman–Crippen LogP) is 4.22. The number of hydrogen-bond donors (Lipinski definition) is 0. The highest BCUT2D eigenvalue weighted by atomic mass is 16.5. The first-order valence-electron chi connectivity index (χ1n) is 5.87. The Labute approximate surface area is 90.2 Å². The summed E-state index contributed by atoms with van der Waals surface area (Å²) in [5.41, 5.74) is -0.0389. The van der Waals surface area contributed by atoms with E-state index in [1.807, 2.05) is 0 Å². The molecule has 1 heteroatoms. The van der Waals surface area contributed by atoms with Crippen LogP contribution in [0.2, 0.25) is 0 Å². The zero-order valence-corrected chi connectivity index (χ0v) is 10.6. The van der Waals surface area contributed by atoms with Crippen LogP contribution in [-0.2, 0) is 4.74 Å². The predicted molar refractivity (Wildman–Crippen MR) is 63.3 cm³/mol. The Kier molecular flexibility index (Phi) is 6.43. The van der Waals surface area contributed by atoms with Crippen LogP contribution >= 0.6 is 0 Å². The van der Waals surface area contributed by atoms with E-state index in [9.17, 15) is 0 Å². The van der Waals surface area contributed by atoms with E-state index in [0.717, 1.165) is 6.42 Å². The molecule has 0 aliphatic rings. The van der Waals surface area contributed by atoms with E-state index < -0.39 is 0 Å². The summed E-state index contributed by atoms with van der Waals surface area (Å²) in [6.45, 7) is 14.8. The summed E-state index contributed by atoms with van der Waals surface area (Å²) in [5, 5.41) is 0. The monoisotopic (exact) mass is 199 g/mol. The van der Waals surface area contributed by atoms with Gasteiger partial charge in [-0.2, -0.15) is 0 Å². The minimum absolute atomic E-state index is 0.0389. The molecule has 0 aliphatic carbocycles. The number of rotatable bonds is 6. The maximum absolute atomic E-state index is 5.98. The molecule has 2 unspecified atom stereocenters. The molecule has 0 saturated carbocycles. The second-order valence-electron chi connectivity index (χ2n) is 5.24. The van der Waals surface area contributed by atoms with Crippen molar-refractivity contribution in [2.75, 3.05) is 0 Å². The van der Waals surface area contributed by atoms with Crippen molar-refractivity contribution in [2.24, 2.45) is 5.92 Å². The van der Waals surface area contributed by atoms with E-state index in [0.29, 0.717) is 12.0 Å². The minimum atomic E-state index is -0.0389. The Morgan fingerprint density at radius 2 is 1.79 bits per heavy atom. The highest BCUT2D eigenvalue weighted by molar-refractivity contribution is 4.72. The third kappa shape index (κ3) is 7.37. The van der Waals surface area contributed by atoms with Crippen LogP contribution in [0.25, 0.3) is 0 Å². The standard InChI is InChI=1S/C13H27O/c1-7-8-9-10-12(11(2)3)14-13(4,5)6/h11-12H,2,7-10H2,1,3-6H3. The number of hydrogen-bond acceptors (Lipinski definition) is 1. The van der Waals surface area contributed by atoms with Gasteiger partial charge >= 0.3 is 0 Å². The lowest BCUT2D eigenvalue weighted by molar-refractivity contribution is -0.0788. The van der Waals surface area contributed by atoms with Gasteiger partial charge in [-0.3, -0.25) is 0 Å². The normalized spacial score (nSPS) is 14.8. The Morgan fingerprint density at radius 3 is 2.14 bits per heavy atom. The lowest BCUT2D eigenvalue weighted by atomic mass is 9.99.